The van der Waals surface area contributed by atoms with Gasteiger partial charge in [0, 0.05) is 16.4 Å². The molecular formula is C19H20ClN4O+. The number of nitrogens with zero attached hydrogens (tertiary/aromatic N) is 2. The lowest BCUT2D eigenvalue weighted by Gasteiger charge is -2.33. The van der Waals surface area contributed by atoms with Crippen molar-refractivity contribution in [3.8, 4) is 6.07 Å². The minimum atomic E-state index is -0.00378. The fraction of sp³-hybridized carbons (Fsp3) is 0.263. The van der Waals surface area contributed by atoms with Crippen molar-refractivity contribution < 1.29 is 9.69 Å². The Hall–Kier alpha value is -2.55. The van der Waals surface area contributed by atoms with Crippen LogP contribution in [0.5, 0.6) is 0 Å². The number of carbonyl (C=O) groups excluding carboxylic acids is 1. The molecule has 1 aliphatic rings. The van der Waals surface area contributed by atoms with Crippen LogP contribution in [0.25, 0.3) is 0 Å². The SMILES string of the molecule is N#Cc1ccc(NC(=O)C[NH+]2CCN(c3cccc(Cl)c3)CC2)cc1. The van der Waals surface area contributed by atoms with Crippen LogP contribution in [0.4, 0.5) is 11.4 Å². The quantitative estimate of drug-likeness (QED) is 0.875. The minimum absolute atomic E-state index is 0.00378. The molecular weight excluding hydrogens is 336 g/mol. The molecule has 0 saturated carbocycles. The van der Waals surface area contributed by atoms with Gasteiger partial charge in [-0.05, 0) is 42.5 Å². The van der Waals surface area contributed by atoms with E-state index in [2.05, 4.69) is 22.4 Å². The second kappa shape index (κ2) is 8.02. The summed E-state index contributed by atoms with van der Waals surface area (Å²) in [4.78, 5) is 15.8. The fourth-order valence-corrected chi connectivity index (χ4v) is 3.18. The summed E-state index contributed by atoms with van der Waals surface area (Å²) >= 11 is 6.06. The molecule has 5 nitrogen and oxygen atoms in total. The number of piperazine rings is 1. The highest BCUT2D eigenvalue weighted by Gasteiger charge is 2.22. The van der Waals surface area contributed by atoms with Gasteiger partial charge in [0.15, 0.2) is 6.54 Å². The van der Waals surface area contributed by atoms with Crippen molar-refractivity contribution >= 4 is 28.9 Å². The monoisotopic (exact) mass is 355 g/mol. The number of carbonyl (C=O) groups is 1. The highest BCUT2D eigenvalue weighted by molar-refractivity contribution is 6.30. The van der Waals surface area contributed by atoms with E-state index in [4.69, 9.17) is 16.9 Å². The predicted octanol–water partition coefficient (Wildman–Crippen LogP) is 1.56. The molecule has 0 atom stereocenters. The van der Waals surface area contributed by atoms with Crippen molar-refractivity contribution in [2.75, 3.05) is 42.9 Å². The molecule has 0 aliphatic carbocycles. The smallest absolute Gasteiger partial charge is 0.279 e. The minimum Gasteiger partial charge on any atom is -0.360 e. The van der Waals surface area contributed by atoms with Crippen LogP contribution >= 0.6 is 11.6 Å². The zero-order valence-corrected chi connectivity index (χ0v) is 14.6. The molecule has 0 bridgehead atoms. The van der Waals surface area contributed by atoms with E-state index in [-0.39, 0.29) is 5.91 Å². The number of hydrogen-bond donors (Lipinski definition) is 2. The maximum atomic E-state index is 12.2. The summed E-state index contributed by atoms with van der Waals surface area (Å²) in [7, 11) is 0. The van der Waals surface area contributed by atoms with Crippen molar-refractivity contribution in [3.63, 3.8) is 0 Å². The third-order valence-electron chi connectivity index (χ3n) is 4.35. The molecule has 25 heavy (non-hydrogen) atoms. The van der Waals surface area contributed by atoms with Crippen LogP contribution in [0.15, 0.2) is 48.5 Å². The van der Waals surface area contributed by atoms with E-state index in [1.165, 1.54) is 4.90 Å². The first kappa shape index (κ1) is 17.3. The van der Waals surface area contributed by atoms with Crippen molar-refractivity contribution in [2.45, 2.75) is 0 Å². The number of anilines is 2. The molecule has 1 fully saturated rings. The third kappa shape index (κ3) is 4.72. The predicted molar refractivity (Wildman–Crippen MR) is 99.0 cm³/mol. The first-order valence-corrected chi connectivity index (χ1v) is 8.66. The lowest BCUT2D eigenvalue weighted by atomic mass is 10.2. The average molecular weight is 356 g/mol. The second-order valence-corrected chi connectivity index (χ2v) is 6.57. The summed E-state index contributed by atoms with van der Waals surface area (Å²) in [5.74, 6) is -0.00378. The first-order chi connectivity index (χ1) is 12.1. The number of amides is 1. The van der Waals surface area contributed by atoms with Crippen molar-refractivity contribution in [2.24, 2.45) is 0 Å². The number of halogens is 1. The Labute approximate surface area is 152 Å². The Kier molecular flexibility index (Phi) is 5.54. The number of hydrogen-bond acceptors (Lipinski definition) is 3. The van der Waals surface area contributed by atoms with Crippen molar-refractivity contribution in [1.82, 2.24) is 0 Å². The highest BCUT2D eigenvalue weighted by Crippen LogP contribution is 2.19. The maximum absolute atomic E-state index is 12.2. The van der Waals surface area contributed by atoms with E-state index < -0.39 is 0 Å². The average Bonchev–Trinajstić information content (AvgIpc) is 2.63. The van der Waals surface area contributed by atoms with E-state index in [0.717, 1.165) is 42.6 Å². The van der Waals surface area contributed by atoms with Gasteiger partial charge in [-0.1, -0.05) is 17.7 Å². The lowest BCUT2D eigenvalue weighted by molar-refractivity contribution is -0.892. The van der Waals surface area contributed by atoms with Crippen LogP contribution in [0.3, 0.4) is 0 Å². The summed E-state index contributed by atoms with van der Waals surface area (Å²) < 4.78 is 0. The van der Waals surface area contributed by atoms with E-state index in [1.807, 2.05) is 18.2 Å². The van der Waals surface area contributed by atoms with Gasteiger partial charge < -0.3 is 15.1 Å². The summed E-state index contributed by atoms with van der Waals surface area (Å²) in [6, 6.07) is 16.8. The standard InChI is InChI=1S/C19H19ClN4O/c20-16-2-1-3-18(12-16)24-10-8-23(9-11-24)14-19(25)22-17-6-4-15(13-21)5-7-17/h1-7,12H,8-11,14H2,(H,22,25)/p+1. The summed E-state index contributed by atoms with van der Waals surface area (Å²) in [5, 5.41) is 12.4. The number of nitrogens with one attached hydrogen (secondary N) is 2. The third-order valence-corrected chi connectivity index (χ3v) is 4.59. The van der Waals surface area contributed by atoms with Gasteiger partial charge in [0.2, 0.25) is 0 Å². The van der Waals surface area contributed by atoms with Crippen LogP contribution in [-0.4, -0.2) is 38.6 Å². The Morgan fingerprint density at radius 2 is 1.92 bits per heavy atom. The molecule has 3 rings (SSSR count). The molecule has 6 heteroatoms. The van der Waals surface area contributed by atoms with E-state index in [9.17, 15) is 4.79 Å². The molecule has 1 aliphatic heterocycles. The molecule has 1 amide bonds. The Bertz CT molecular complexity index is 777. The van der Waals surface area contributed by atoms with E-state index in [0.29, 0.717) is 12.1 Å². The summed E-state index contributed by atoms with van der Waals surface area (Å²) in [6.07, 6.45) is 0. The van der Waals surface area contributed by atoms with E-state index >= 15 is 0 Å². The van der Waals surface area contributed by atoms with Crippen LogP contribution in [-0.2, 0) is 4.79 Å². The largest absolute Gasteiger partial charge is 0.360 e. The Morgan fingerprint density at radius 3 is 2.56 bits per heavy atom. The lowest BCUT2D eigenvalue weighted by Crippen LogP contribution is -3.15. The zero-order chi connectivity index (χ0) is 17.6. The van der Waals surface area contributed by atoms with Gasteiger partial charge in [0.25, 0.3) is 5.91 Å². The number of rotatable bonds is 4. The summed E-state index contributed by atoms with van der Waals surface area (Å²) in [6.45, 7) is 4.07. The van der Waals surface area contributed by atoms with Crippen LogP contribution in [0.1, 0.15) is 5.56 Å². The normalized spacial score (nSPS) is 14.8. The van der Waals surface area contributed by atoms with Gasteiger partial charge in [-0.15, -0.1) is 0 Å². The van der Waals surface area contributed by atoms with Crippen LogP contribution in [0, 0.1) is 11.3 Å². The van der Waals surface area contributed by atoms with Crippen molar-refractivity contribution in [3.05, 3.63) is 59.1 Å². The van der Waals surface area contributed by atoms with Crippen molar-refractivity contribution in [1.29, 1.82) is 5.26 Å². The van der Waals surface area contributed by atoms with Gasteiger partial charge >= 0.3 is 0 Å². The number of nitriles is 1. The molecule has 128 valence electrons. The van der Waals surface area contributed by atoms with Gasteiger partial charge in [0.1, 0.15) is 0 Å². The molecule has 0 aromatic heterocycles. The van der Waals surface area contributed by atoms with E-state index in [1.54, 1.807) is 24.3 Å². The number of benzene rings is 2. The second-order valence-electron chi connectivity index (χ2n) is 6.13. The molecule has 0 spiro atoms. The molecule has 2 aromatic rings. The Morgan fingerprint density at radius 1 is 1.20 bits per heavy atom. The van der Waals surface area contributed by atoms with Crippen LogP contribution < -0.4 is 15.1 Å². The molecule has 0 radical (unpaired) electrons. The molecule has 2 aromatic carbocycles. The molecule has 2 N–H and O–H groups in total. The van der Waals surface area contributed by atoms with Crippen LogP contribution in [0.2, 0.25) is 5.02 Å². The van der Waals surface area contributed by atoms with Gasteiger partial charge in [-0.3, -0.25) is 4.79 Å². The summed E-state index contributed by atoms with van der Waals surface area (Å²) in [5.41, 5.74) is 2.44. The van der Waals surface area contributed by atoms with Gasteiger partial charge in [-0.2, -0.15) is 5.26 Å². The maximum Gasteiger partial charge on any atom is 0.279 e. The van der Waals surface area contributed by atoms with Gasteiger partial charge in [0.05, 0.1) is 37.8 Å². The molecule has 1 saturated heterocycles. The zero-order valence-electron chi connectivity index (χ0n) is 13.8. The molecule has 1 heterocycles. The highest BCUT2D eigenvalue weighted by atomic mass is 35.5. The fourth-order valence-electron chi connectivity index (χ4n) is 2.99. The van der Waals surface area contributed by atoms with Gasteiger partial charge in [-0.25, -0.2) is 0 Å². The Balaban J connectivity index is 1.48. The number of quaternary nitrogens is 1. The topological polar surface area (TPSA) is 60.6 Å². The molecule has 0 unspecified atom stereocenters. The first-order valence-electron chi connectivity index (χ1n) is 8.28.